The molecule has 0 aliphatic rings. The van der Waals surface area contributed by atoms with E-state index >= 15 is 0 Å². The number of aromatic nitrogens is 1. The topological polar surface area (TPSA) is 99.3 Å². The lowest BCUT2D eigenvalue weighted by atomic mass is 10.1. The van der Waals surface area contributed by atoms with Gasteiger partial charge >= 0.3 is 5.97 Å². The molecule has 102 valence electrons. The van der Waals surface area contributed by atoms with Gasteiger partial charge in [0, 0.05) is 17.8 Å². The number of hydrogen-bond acceptors (Lipinski definition) is 3. The van der Waals surface area contributed by atoms with Gasteiger partial charge in [-0.15, -0.1) is 0 Å². The second kappa shape index (κ2) is 5.35. The fourth-order valence-corrected chi connectivity index (χ4v) is 1.59. The van der Waals surface area contributed by atoms with Crippen LogP contribution in [0.2, 0.25) is 0 Å². The van der Waals surface area contributed by atoms with Crippen molar-refractivity contribution in [2.24, 2.45) is 0 Å². The Bertz CT molecular complexity index is 739. The first kappa shape index (κ1) is 13.5. The van der Waals surface area contributed by atoms with E-state index in [4.69, 9.17) is 5.11 Å². The van der Waals surface area contributed by atoms with E-state index in [9.17, 15) is 18.8 Å². The highest BCUT2D eigenvalue weighted by atomic mass is 19.1. The number of rotatable bonds is 3. The summed E-state index contributed by atoms with van der Waals surface area (Å²) in [5.41, 5.74) is -0.864. The number of benzene rings is 1. The van der Waals surface area contributed by atoms with Crippen LogP contribution in [0, 0.1) is 5.82 Å². The molecule has 0 spiro atoms. The molecule has 0 saturated carbocycles. The van der Waals surface area contributed by atoms with E-state index in [1.165, 1.54) is 12.3 Å². The molecule has 0 unspecified atom stereocenters. The number of pyridine rings is 1. The van der Waals surface area contributed by atoms with Crippen molar-refractivity contribution < 1.29 is 19.1 Å². The predicted octanol–water partition coefficient (Wildman–Crippen LogP) is 1.46. The lowest BCUT2D eigenvalue weighted by molar-refractivity contribution is 0.0698. The fourth-order valence-electron chi connectivity index (χ4n) is 1.59. The summed E-state index contributed by atoms with van der Waals surface area (Å²) in [5.74, 6) is -2.69. The van der Waals surface area contributed by atoms with Crippen LogP contribution in [-0.4, -0.2) is 22.0 Å². The largest absolute Gasteiger partial charge is 0.478 e. The van der Waals surface area contributed by atoms with Gasteiger partial charge in [0.15, 0.2) is 0 Å². The molecule has 0 aliphatic carbocycles. The maximum Gasteiger partial charge on any atom is 0.337 e. The summed E-state index contributed by atoms with van der Waals surface area (Å²) in [7, 11) is 0. The van der Waals surface area contributed by atoms with Crippen molar-refractivity contribution in [2.45, 2.75) is 0 Å². The number of carboxylic acids is 1. The van der Waals surface area contributed by atoms with E-state index in [2.05, 4.69) is 10.3 Å². The molecular weight excluding hydrogens is 267 g/mol. The van der Waals surface area contributed by atoms with Crippen LogP contribution in [0.5, 0.6) is 0 Å². The van der Waals surface area contributed by atoms with Crippen LogP contribution in [0.15, 0.2) is 41.3 Å². The van der Waals surface area contributed by atoms with Crippen LogP contribution in [0.4, 0.5) is 10.1 Å². The van der Waals surface area contributed by atoms with Crippen molar-refractivity contribution in [3.63, 3.8) is 0 Å². The van der Waals surface area contributed by atoms with Crippen LogP contribution in [0.1, 0.15) is 20.7 Å². The Labute approximate surface area is 111 Å². The second-order valence-electron chi connectivity index (χ2n) is 3.89. The van der Waals surface area contributed by atoms with Gasteiger partial charge in [-0.1, -0.05) is 0 Å². The van der Waals surface area contributed by atoms with E-state index < -0.39 is 23.3 Å². The summed E-state index contributed by atoms with van der Waals surface area (Å²) < 4.78 is 13.1. The van der Waals surface area contributed by atoms with Gasteiger partial charge in [-0.25, -0.2) is 9.18 Å². The Morgan fingerprint density at radius 1 is 1.20 bits per heavy atom. The van der Waals surface area contributed by atoms with Crippen molar-refractivity contribution in [3.05, 3.63) is 63.8 Å². The van der Waals surface area contributed by atoms with Crippen LogP contribution >= 0.6 is 0 Å². The normalized spacial score (nSPS) is 10.1. The smallest absolute Gasteiger partial charge is 0.337 e. The van der Waals surface area contributed by atoms with Crippen molar-refractivity contribution >= 4 is 17.6 Å². The molecule has 0 atom stereocenters. The molecule has 1 aromatic carbocycles. The zero-order chi connectivity index (χ0) is 14.7. The Morgan fingerprint density at radius 2 is 1.95 bits per heavy atom. The molecule has 6 nitrogen and oxygen atoms in total. The minimum absolute atomic E-state index is 0.0364. The first-order valence-corrected chi connectivity index (χ1v) is 5.50. The summed E-state index contributed by atoms with van der Waals surface area (Å²) in [4.78, 5) is 36.3. The second-order valence-corrected chi connectivity index (χ2v) is 3.89. The van der Waals surface area contributed by atoms with Gasteiger partial charge in [0.2, 0.25) is 5.56 Å². The molecule has 0 radical (unpaired) electrons. The van der Waals surface area contributed by atoms with Crippen molar-refractivity contribution in [2.75, 3.05) is 5.32 Å². The van der Waals surface area contributed by atoms with Crippen molar-refractivity contribution in [3.8, 4) is 0 Å². The van der Waals surface area contributed by atoms with E-state index in [1.54, 1.807) is 0 Å². The van der Waals surface area contributed by atoms with E-state index in [-0.39, 0.29) is 16.8 Å². The molecule has 0 fully saturated rings. The van der Waals surface area contributed by atoms with Crippen LogP contribution < -0.4 is 10.9 Å². The first-order chi connectivity index (χ1) is 9.47. The van der Waals surface area contributed by atoms with Gasteiger partial charge in [-0.2, -0.15) is 0 Å². The minimum atomic E-state index is -1.30. The zero-order valence-corrected chi connectivity index (χ0v) is 10.0. The van der Waals surface area contributed by atoms with Gasteiger partial charge in [-0.3, -0.25) is 9.59 Å². The summed E-state index contributed by atoms with van der Waals surface area (Å²) in [6.07, 6.45) is 1.28. The molecule has 1 amide bonds. The average Bonchev–Trinajstić information content (AvgIpc) is 2.38. The summed E-state index contributed by atoms with van der Waals surface area (Å²) in [5, 5.41) is 11.2. The fraction of sp³-hybridized carbons (Fsp3) is 0. The summed E-state index contributed by atoms with van der Waals surface area (Å²) >= 11 is 0. The molecule has 2 aromatic rings. The Kier molecular flexibility index (Phi) is 3.60. The van der Waals surface area contributed by atoms with Crippen LogP contribution in [-0.2, 0) is 0 Å². The Morgan fingerprint density at radius 3 is 2.60 bits per heavy atom. The molecule has 7 heteroatoms. The molecule has 0 saturated heterocycles. The molecule has 1 heterocycles. The third kappa shape index (κ3) is 2.89. The molecule has 3 N–H and O–H groups in total. The third-order valence-electron chi connectivity index (χ3n) is 2.50. The molecule has 20 heavy (non-hydrogen) atoms. The number of carbonyl (C=O) groups is 2. The summed E-state index contributed by atoms with van der Waals surface area (Å²) in [6.45, 7) is 0. The van der Waals surface area contributed by atoms with Crippen molar-refractivity contribution in [1.29, 1.82) is 0 Å². The summed E-state index contributed by atoms with van der Waals surface area (Å²) in [6, 6.07) is 5.32. The van der Waals surface area contributed by atoms with Gasteiger partial charge in [0.25, 0.3) is 5.91 Å². The van der Waals surface area contributed by atoms with Crippen LogP contribution in [0.25, 0.3) is 0 Å². The molecule has 2 rings (SSSR count). The predicted molar refractivity (Wildman–Crippen MR) is 68.4 cm³/mol. The van der Waals surface area contributed by atoms with Gasteiger partial charge < -0.3 is 15.4 Å². The highest BCUT2D eigenvalue weighted by Gasteiger charge is 2.14. The SMILES string of the molecule is O=C(Nc1cc(F)ccc1C(=O)O)c1cc[nH]c(=O)c1. The molecular formula is C13H9FN2O4. The van der Waals surface area contributed by atoms with Gasteiger partial charge in [0.1, 0.15) is 5.82 Å². The number of carboxylic acid groups (broad SMARTS) is 1. The van der Waals surface area contributed by atoms with E-state index in [0.29, 0.717) is 0 Å². The number of aromatic carboxylic acids is 1. The lowest BCUT2D eigenvalue weighted by Gasteiger charge is -2.08. The zero-order valence-electron chi connectivity index (χ0n) is 10.0. The first-order valence-electron chi connectivity index (χ1n) is 5.50. The monoisotopic (exact) mass is 276 g/mol. The number of aromatic amines is 1. The lowest BCUT2D eigenvalue weighted by Crippen LogP contribution is -2.17. The number of anilines is 1. The standard InChI is InChI=1S/C13H9FN2O4/c14-8-1-2-9(13(19)20)10(6-8)16-12(18)7-3-4-15-11(17)5-7/h1-6H,(H,15,17)(H,16,18)(H,19,20). The highest BCUT2D eigenvalue weighted by molar-refractivity contribution is 6.07. The number of nitrogens with one attached hydrogen (secondary N) is 2. The maximum atomic E-state index is 13.1. The number of carbonyl (C=O) groups excluding carboxylic acids is 1. The molecule has 0 aliphatic heterocycles. The quantitative estimate of drug-likeness (QED) is 0.790. The minimum Gasteiger partial charge on any atom is -0.478 e. The van der Waals surface area contributed by atoms with E-state index in [0.717, 1.165) is 24.3 Å². The van der Waals surface area contributed by atoms with E-state index in [1.807, 2.05) is 0 Å². The Hall–Kier alpha value is -2.96. The molecule has 1 aromatic heterocycles. The Balaban J connectivity index is 2.34. The van der Waals surface area contributed by atoms with Gasteiger partial charge in [0.05, 0.1) is 11.3 Å². The number of amides is 1. The number of H-pyrrole nitrogens is 1. The van der Waals surface area contributed by atoms with Gasteiger partial charge in [-0.05, 0) is 24.3 Å². The number of hydrogen-bond donors (Lipinski definition) is 3. The number of halogens is 1. The average molecular weight is 276 g/mol. The maximum absolute atomic E-state index is 13.1. The highest BCUT2D eigenvalue weighted by Crippen LogP contribution is 2.18. The van der Waals surface area contributed by atoms with Crippen molar-refractivity contribution in [1.82, 2.24) is 4.98 Å². The third-order valence-corrected chi connectivity index (χ3v) is 2.50. The molecule has 0 bridgehead atoms. The van der Waals surface area contributed by atoms with Crippen LogP contribution in [0.3, 0.4) is 0 Å².